The molecular formula is C17H21N3O4. The van der Waals surface area contributed by atoms with Crippen LogP contribution in [-0.2, 0) is 4.74 Å². The van der Waals surface area contributed by atoms with Crippen LogP contribution in [0.15, 0.2) is 35.1 Å². The van der Waals surface area contributed by atoms with Gasteiger partial charge in [0, 0.05) is 18.7 Å². The van der Waals surface area contributed by atoms with Crippen LogP contribution in [0.25, 0.3) is 11.3 Å². The van der Waals surface area contributed by atoms with E-state index in [1.165, 1.54) is 6.39 Å². The summed E-state index contributed by atoms with van der Waals surface area (Å²) in [5.74, 6) is -0.588. The standard InChI is InChI=1S/C17H21N3O4/c1-4-23-17(22)14-15(24-11-19-14)12-7-5-6-8-13(12)16(21)18-9-10-20(2)3/h5-8,11H,4,9-10H2,1-3H3,(H,18,21). The van der Waals surface area contributed by atoms with Gasteiger partial charge in [0.15, 0.2) is 17.8 Å². The highest BCUT2D eigenvalue weighted by Gasteiger charge is 2.23. The molecule has 2 aromatic rings. The first kappa shape index (κ1) is 17.7. The Balaban J connectivity index is 2.28. The maximum absolute atomic E-state index is 12.4. The number of aromatic nitrogens is 1. The Hall–Kier alpha value is -2.67. The van der Waals surface area contributed by atoms with Crippen LogP contribution in [0, 0.1) is 0 Å². The zero-order chi connectivity index (χ0) is 17.5. The van der Waals surface area contributed by atoms with Gasteiger partial charge in [0.05, 0.1) is 12.2 Å². The molecule has 0 unspecified atom stereocenters. The largest absolute Gasteiger partial charge is 0.461 e. The van der Waals surface area contributed by atoms with E-state index in [1.807, 2.05) is 19.0 Å². The van der Waals surface area contributed by atoms with E-state index >= 15 is 0 Å². The maximum atomic E-state index is 12.4. The number of benzene rings is 1. The number of amides is 1. The number of carbonyl (C=O) groups excluding carboxylic acids is 2. The van der Waals surface area contributed by atoms with Crippen molar-refractivity contribution in [3.63, 3.8) is 0 Å². The molecule has 0 atom stereocenters. The average Bonchev–Trinajstić information content (AvgIpc) is 3.04. The minimum absolute atomic E-state index is 0.0605. The van der Waals surface area contributed by atoms with Gasteiger partial charge in [-0.15, -0.1) is 0 Å². The second-order valence-electron chi connectivity index (χ2n) is 5.36. The SMILES string of the molecule is CCOC(=O)c1ncoc1-c1ccccc1C(=O)NCCN(C)C. The third kappa shape index (κ3) is 4.20. The third-order valence-corrected chi connectivity index (χ3v) is 3.30. The van der Waals surface area contributed by atoms with E-state index in [2.05, 4.69) is 10.3 Å². The molecule has 0 bridgehead atoms. The van der Waals surface area contributed by atoms with Gasteiger partial charge < -0.3 is 19.4 Å². The number of nitrogens with zero attached hydrogens (tertiary/aromatic N) is 2. The van der Waals surface area contributed by atoms with Crippen molar-refractivity contribution in [1.29, 1.82) is 0 Å². The Labute approximate surface area is 140 Å². The molecule has 128 valence electrons. The van der Waals surface area contributed by atoms with Gasteiger partial charge in [0.2, 0.25) is 0 Å². The Morgan fingerprint density at radius 1 is 1.29 bits per heavy atom. The fourth-order valence-electron chi connectivity index (χ4n) is 2.15. The lowest BCUT2D eigenvalue weighted by atomic mass is 10.0. The van der Waals surface area contributed by atoms with Crippen LogP contribution in [0.4, 0.5) is 0 Å². The first-order valence-corrected chi connectivity index (χ1v) is 7.67. The van der Waals surface area contributed by atoms with Crippen LogP contribution in [0.1, 0.15) is 27.8 Å². The van der Waals surface area contributed by atoms with Crippen molar-refractivity contribution >= 4 is 11.9 Å². The first-order chi connectivity index (χ1) is 11.5. The lowest BCUT2D eigenvalue weighted by molar-refractivity contribution is 0.0520. The summed E-state index contributed by atoms with van der Waals surface area (Å²) in [5.41, 5.74) is 0.976. The lowest BCUT2D eigenvalue weighted by Gasteiger charge is -2.12. The molecule has 0 aliphatic carbocycles. The Bertz CT molecular complexity index is 709. The van der Waals surface area contributed by atoms with Crippen LogP contribution >= 0.6 is 0 Å². The minimum atomic E-state index is -0.580. The maximum Gasteiger partial charge on any atom is 0.360 e. The summed E-state index contributed by atoms with van der Waals surface area (Å²) in [5, 5.41) is 2.85. The summed E-state index contributed by atoms with van der Waals surface area (Å²) < 4.78 is 10.3. The summed E-state index contributed by atoms with van der Waals surface area (Å²) in [7, 11) is 3.86. The van der Waals surface area contributed by atoms with Crippen molar-refractivity contribution in [2.75, 3.05) is 33.8 Å². The number of rotatable bonds is 7. The van der Waals surface area contributed by atoms with Gasteiger partial charge in [-0.2, -0.15) is 0 Å². The van der Waals surface area contributed by atoms with Crippen LogP contribution in [-0.4, -0.2) is 55.6 Å². The van der Waals surface area contributed by atoms with Crippen LogP contribution < -0.4 is 5.32 Å². The summed E-state index contributed by atoms with van der Waals surface area (Å²) in [4.78, 5) is 30.3. The molecule has 0 radical (unpaired) electrons. The molecule has 7 heteroatoms. The average molecular weight is 331 g/mol. The first-order valence-electron chi connectivity index (χ1n) is 7.67. The monoisotopic (exact) mass is 331 g/mol. The van der Waals surface area contributed by atoms with E-state index in [0.717, 1.165) is 6.54 Å². The number of hydrogen-bond acceptors (Lipinski definition) is 6. The fourth-order valence-corrected chi connectivity index (χ4v) is 2.15. The summed E-state index contributed by atoms with van der Waals surface area (Å²) in [6.45, 7) is 3.19. The molecule has 0 aliphatic rings. The predicted molar refractivity (Wildman–Crippen MR) is 88.8 cm³/mol. The molecule has 1 aromatic heterocycles. The van der Waals surface area contributed by atoms with Crippen LogP contribution in [0.5, 0.6) is 0 Å². The molecule has 1 heterocycles. The van der Waals surface area contributed by atoms with E-state index < -0.39 is 5.97 Å². The smallest absolute Gasteiger partial charge is 0.360 e. The Kier molecular flexibility index (Phi) is 6.08. The number of ether oxygens (including phenoxy) is 1. The Morgan fingerprint density at radius 3 is 2.75 bits per heavy atom. The van der Waals surface area contributed by atoms with Crippen LogP contribution in [0.3, 0.4) is 0 Å². The molecule has 2 rings (SSSR count). The quantitative estimate of drug-likeness (QED) is 0.779. The molecular weight excluding hydrogens is 310 g/mol. The minimum Gasteiger partial charge on any atom is -0.461 e. The Morgan fingerprint density at radius 2 is 2.04 bits per heavy atom. The van der Waals surface area contributed by atoms with Crippen LogP contribution in [0.2, 0.25) is 0 Å². The van der Waals surface area contributed by atoms with E-state index in [9.17, 15) is 9.59 Å². The van der Waals surface area contributed by atoms with Gasteiger partial charge in [0.1, 0.15) is 0 Å². The normalized spacial score (nSPS) is 10.7. The second kappa shape index (κ2) is 8.26. The molecule has 0 saturated heterocycles. The topological polar surface area (TPSA) is 84.7 Å². The number of carbonyl (C=O) groups is 2. The van der Waals surface area contributed by atoms with Crippen molar-refractivity contribution in [2.45, 2.75) is 6.92 Å². The number of oxazole rings is 1. The molecule has 1 amide bonds. The second-order valence-corrected chi connectivity index (χ2v) is 5.36. The van der Waals surface area contributed by atoms with Crippen molar-refractivity contribution in [2.24, 2.45) is 0 Å². The molecule has 0 saturated carbocycles. The van der Waals surface area contributed by atoms with Gasteiger partial charge in [-0.25, -0.2) is 9.78 Å². The molecule has 0 aliphatic heterocycles. The van der Waals surface area contributed by atoms with Crippen molar-refractivity contribution in [3.05, 3.63) is 41.9 Å². The summed E-state index contributed by atoms with van der Waals surface area (Å²) in [6, 6.07) is 6.91. The molecule has 1 N–H and O–H groups in total. The number of hydrogen-bond donors (Lipinski definition) is 1. The fraction of sp³-hybridized carbons (Fsp3) is 0.353. The zero-order valence-corrected chi connectivity index (χ0v) is 14.0. The molecule has 0 fully saturated rings. The van der Waals surface area contributed by atoms with Gasteiger partial charge in [-0.3, -0.25) is 4.79 Å². The molecule has 24 heavy (non-hydrogen) atoms. The van der Waals surface area contributed by atoms with Crippen molar-refractivity contribution in [3.8, 4) is 11.3 Å². The molecule has 0 spiro atoms. The van der Waals surface area contributed by atoms with Gasteiger partial charge in [-0.1, -0.05) is 18.2 Å². The lowest BCUT2D eigenvalue weighted by Crippen LogP contribution is -2.31. The van der Waals surface area contributed by atoms with Gasteiger partial charge in [0.25, 0.3) is 5.91 Å². The summed E-state index contributed by atoms with van der Waals surface area (Å²) in [6.07, 6.45) is 1.17. The van der Waals surface area contributed by atoms with Gasteiger partial charge >= 0.3 is 5.97 Å². The third-order valence-electron chi connectivity index (χ3n) is 3.30. The highest BCUT2D eigenvalue weighted by atomic mass is 16.5. The zero-order valence-electron chi connectivity index (χ0n) is 14.0. The number of esters is 1. The van der Waals surface area contributed by atoms with E-state index in [1.54, 1.807) is 31.2 Å². The summed E-state index contributed by atoms with van der Waals surface area (Å²) >= 11 is 0. The highest BCUT2D eigenvalue weighted by molar-refractivity contribution is 6.03. The molecule has 1 aromatic carbocycles. The van der Waals surface area contributed by atoms with Crippen molar-refractivity contribution < 1.29 is 18.7 Å². The van der Waals surface area contributed by atoms with E-state index in [0.29, 0.717) is 17.7 Å². The number of nitrogens with one attached hydrogen (secondary N) is 1. The van der Waals surface area contributed by atoms with E-state index in [4.69, 9.17) is 9.15 Å². The molecule has 7 nitrogen and oxygen atoms in total. The highest BCUT2D eigenvalue weighted by Crippen LogP contribution is 2.27. The predicted octanol–water partition coefficient (Wildman–Crippen LogP) is 1.81. The van der Waals surface area contributed by atoms with Gasteiger partial charge in [-0.05, 0) is 27.1 Å². The number of likely N-dealkylation sites (N-methyl/N-ethyl adjacent to an activating group) is 1. The van der Waals surface area contributed by atoms with E-state index in [-0.39, 0.29) is 24.0 Å². The van der Waals surface area contributed by atoms with Crippen molar-refractivity contribution in [1.82, 2.24) is 15.2 Å².